The molecule has 6 heteroatoms. The molecule has 1 saturated heterocycles. The largest absolute Gasteiger partial charge is 0.507 e. The van der Waals surface area contributed by atoms with Crippen LogP contribution in [0.3, 0.4) is 0 Å². The summed E-state index contributed by atoms with van der Waals surface area (Å²) in [6.45, 7) is 8.03. The lowest BCUT2D eigenvalue weighted by Gasteiger charge is -2.23. The predicted octanol–water partition coefficient (Wildman–Crippen LogP) is 5.51. The molecule has 5 nitrogen and oxygen atoms in total. The summed E-state index contributed by atoms with van der Waals surface area (Å²) in [6.07, 6.45) is 0. The summed E-state index contributed by atoms with van der Waals surface area (Å²) in [5, 5.41) is 11.5. The number of aromatic nitrogens is 1. The van der Waals surface area contributed by atoms with Gasteiger partial charge in [0, 0.05) is 10.4 Å². The van der Waals surface area contributed by atoms with E-state index in [0.717, 1.165) is 21.7 Å². The minimum absolute atomic E-state index is 0.0824. The number of anilines is 1. The molecule has 1 aliphatic heterocycles. The number of rotatable bonds is 4. The fourth-order valence-corrected chi connectivity index (χ4v) is 4.66. The fourth-order valence-electron chi connectivity index (χ4n) is 3.72. The number of hydrogen-bond acceptors (Lipinski definition) is 5. The Balaban J connectivity index is 1.93. The smallest absolute Gasteiger partial charge is 0.301 e. The lowest BCUT2D eigenvalue weighted by atomic mass is 9.93. The molecule has 1 atom stereocenters. The number of benzene rings is 2. The number of hydrogen-bond donors (Lipinski definition) is 1. The Morgan fingerprint density at radius 1 is 1.03 bits per heavy atom. The van der Waals surface area contributed by atoms with Crippen LogP contribution in [0.2, 0.25) is 0 Å². The highest BCUT2D eigenvalue weighted by Gasteiger charge is 2.48. The molecule has 2 heterocycles. The number of aliphatic hydroxyl groups excluding tert-OH is 1. The SMILES string of the molecule is Cc1nc(N2C(=O)C(=O)C(=C(O)c3ccccc3)[C@H]2c2ccc(C(C)C)cc2)sc1C. The maximum Gasteiger partial charge on any atom is 0.301 e. The molecule has 0 bridgehead atoms. The third-order valence-corrected chi connectivity index (χ3v) is 6.71. The van der Waals surface area contributed by atoms with Crippen molar-refractivity contribution in [3.63, 3.8) is 0 Å². The number of thiazole rings is 1. The first-order chi connectivity index (χ1) is 14.8. The summed E-state index contributed by atoms with van der Waals surface area (Å²) in [6, 6.07) is 15.9. The first kappa shape index (κ1) is 21.0. The Labute approximate surface area is 185 Å². The summed E-state index contributed by atoms with van der Waals surface area (Å²) in [4.78, 5) is 33.2. The molecule has 1 aliphatic rings. The third-order valence-electron chi connectivity index (χ3n) is 5.63. The highest BCUT2D eigenvalue weighted by Crippen LogP contribution is 2.43. The molecule has 0 aliphatic carbocycles. The molecule has 1 amide bonds. The second-order valence-corrected chi connectivity index (χ2v) is 9.18. The van der Waals surface area contributed by atoms with E-state index in [1.807, 2.05) is 44.2 Å². The second kappa shape index (κ2) is 8.12. The monoisotopic (exact) mass is 432 g/mol. The molecule has 1 fully saturated rings. The van der Waals surface area contributed by atoms with Gasteiger partial charge in [-0.25, -0.2) is 4.98 Å². The van der Waals surface area contributed by atoms with Crippen LogP contribution in [0.4, 0.5) is 5.13 Å². The van der Waals surface area contributed by atoms with E-state index >= 15 is 0 Å². The van der Waals surface area contributed by atoms with Crippen LogP contribution in [0.25, 0.3) is 5.76 Å². The minimum atomic E-state index is -0.744. The Hall–Kier alpha value is -3.25. The van der Waals surface area contributed by atoms with Crippen LogP contribution < -0.4 is 4.90 Å². The number of aliphatic hydroxyl groups is 1. The fraction of sp³-hybridized carbons (Fsp3) is 0.240. The highest BCUT2D eigenvalue weighted by molar-refractivity contribution is 7.16. The van der Waals surface area contributed by atoms with Gasteiger partial charge in [0.1, 0.15) is 5.76 Å². The average molecular weight is 433 g/mol. The highest BCUT2D eigenvalue weighted by atomic mass is 32.1. The van der Waals surface area contributed by atoms with Crippen LogP contribution in [-0.4, -0.2) is 21.8 Å². The second-order valence-electron chi connectivity index (χ2n) is 7.99. The zero-order valence-electron chi connectivity index (χ0n) is 17.9. The molecule has 3 aromatic rings. The molecule has 1 aromatic heterocycles. The Kier molecular flexibility index (Phi) is 5.50. The number of amides is 1. The van der Waals surface area contributed by atoms with Crippen molar-refractivity contribution in [3.05, 3.63) is 87.4 Å². The van der Waals surface area contributed by atoms with Crippen LogP contribution in [-0.2, 0) is 9.59 Å². The molecule has 31 heavy (non-hydrogen) atoms. The Morgan fingerprint density at radius 2 is 1.68 bits per heavy atom. The van der Waals surface area contributed by atoms with E-state index in [1.165, 1.54) is 16.2 Å². The van der Waals surface area contributed by atoms with Gasteiger partial charge in [-0.05, 0) is 30.9 Å². The predicted molar refractivity (Wildman–Crippen MR) is 123 cm³/mol. The van der Waals surface area contributed by atoms with E-state index in [-0.39, 0.29) is 11.3 Å². The number of aryl methyl sites for hydroxylation is 2. The van der Waals surface area contributed by atoms with Crippen LogP contribution >= 0.6 is 11.3 Å². The summed E-state index contributed by atoms with van der Waals surface area (Å²) >= 11 is 1.37. The van der Waals surface area contributed by atoms with Crippen molar-refractivity contribution in [2.45, 2.75) is 39.7 Å². The lowest BCUT2D eigenvalue weighted by Crippen LogP contribution is -2.29. The molecule has 4 rings (SSSR count). The van der Waals surface area contributed by atoms with Gasteiger partial charge >= 0.3 is 5.91 Å². The van der Waals surface area contributed by atoms with E-state index in [9.17, 15) is 14.7 Å². The zero-order chi connectivity index (χ0) is 22.3. The first-order valence-electron chi connectivity index (χ1n) is 10.2. The van der Waals surface area contributed by atoms with Gasteiger partial charge in [0.25, 0.3) is 5.78 Å². The maximum atomic E-state index is 13.1. The van der Waals surface area contributed by atoms with Crippen LogP contribution in [0.1, 0.15) is 53.1 Å². The Morgan fingerprint density at radius 3 is 2.23 bits per heavy atom. The van der Waals surface area contributed by atoms with E-state index in [2.05, 4.69) is 18.8 Å². The quantitative estimate of drug-likeness (QED) is 0.335. The summed E-state index contributed by atoms with van der Waals surface area (Å²) in [7, 11) is 0. The summed E-state index contributed by atoms with van der Waals surface area (Å²) in [5.41, 5.74) is 3.31. The lowest BCUT2D eigenvalue weighted by molar-refractivity contribution is -0.132. The van der Waals surface area contributed by atoms with Gasteiger partial charge in [-0.2, -0.15) is 0 Å². The normalized spacial score (nSPS) is 18.2. The zero-order valence-corrected chi connectivity index (χ0v) is 18.7. The van der Waals surface area contributed by atoms with E-state index in [0.29, 0.717) is 16.6 Å². The van der Waals surface area contributed by atoms with Crippen molar-refractivity contribution < 1.29 is 14.7 Å². The summed E-state index contributed by atoms with van der Waals surface area (Å²) < 4.78 is 0. The van der Waals surface area contributed by atoms with Gasteiger partial charge in [0.05, 0.1) is 17.3 Å². The summed E-state index contributed by atoms with van der Waals surface area (Å²) in [5.74, 6) is -1.20. The molecular formula is C25H24N2O3S. The third kappa shape index (κ3) is 3.68. The number of Topliss-reactive ketones (excluding diaryl/α,β-unsaturated/α-hetero) is 1. The van der Waals surface area contributed by atoms with Gasteiger partial charge in [0.15, 0.2) is 5.13 Å². The molecule has 0 radical (unpaired) electrons. The van der Waals surface area contributed by atoms with Gasteiger partial charge in [-0.1, -0.05) is 68.4 Å². The van der Waals surface area contributed by atoms with Crippen molar-refractivity contribution >= 4 is 33.9 Å². The number of carbonyl (C=O) groups excluding carboxylic acids is 2. The first-order valence-corrected chi connectivity index (χ1v) is 11.0. The van der Waals surface area contributed by atoms with Gasteiger partial charge in [0.2, 0.25) is 0 Å². The molecule has 0 saturated carbocycles. The van der Waals surface area contributed by atoms with Crippen LogP contribution in [0.5, 0.6) is 0 Å². The van der Waals surface area contributed by atoms with Crippen LogP contribution in [0, 0.1) is 13.8 Å². The molecule has 2 aromatic carbocycles. The van der Waals surface area contributed by atoms with Crippen molar-refractivity contribution in [2.24, 2.45) is 0 Å². The van der Waals surface area contributed by atoms with E-state index in [4.69, 9.17) is 0 Å². The van der Waals surface area contributed by atoms with Crippen molar-refractivity contribution in [1.82, 2.24) is 4.98 Å². The average Bonchev–Trinajstić information content (AvgIpc) is 3.23. The topological polar surface area (TPSA) is 70.5 Å². The molecule has 0 unspecified atom stereocenters. The van der Waals surface area contributed by atoms with Crippen molar-refractivity contribution in [1.29, 1.82) is 0 Å². The maximum absolute atomic E-state index is 13.1. The standard InChI is InChI=1S/C25H24N2O3S/c1-14(2)17-10-12-18(13-11-17)21-20(22(28)19-8-6-5-7-9-19)23(29)24(30)27(21)25-26-15(3)16(4)31-25/h5-14,21,28H,1-4H3/t21-/m1/s1. The molecule has 0 spiro atoms. The molecular weight excluding hydrogens is 408 g/mol. The van der Waals surface area contributed by atoms with Crippen LogP contribution in [0.15, 0.2) is 60.2 Å². The van der Waals surface area contributed by atoms with Gasteiger partial charge < -0.3 is 5.11 Å². The molecule has 158 valence electrons. The number of nitrogens with zero attached hydrogens (tertiary/aromatic N) is 2. The van der Waals surface area contributed by atoms with Crippen molar-refractivity contribution in [3.8, 4) is 0 Å². The van der Waals surface area contributed by atoms with E-state index in [1.54, 1.807) is 24.3 Å². The van der Waals surface area contributed by atoms with Gasteiger partial charge in [-0.15, -0.1) is 11.3 Å². The Bertz CT molecular complexity index is 1160. The number of carbonyl (C=O) groups is 2. The minimum Gasteiger partial charge on any atom is -0.507 e. The molecule has 1 N–H and O–H groups in total. The number of ketones is 1. The van der Waals surface area contributed by atoms with Gasteiger partial charge in [-0.3, -0.25) is 14.5 Å². The van der Waals surface area contributed by atoms with E-state index < -0.39 is 17.7 Å². The van der Waals surface area contributed by atoms with Crippen molar-refractivity contribution in [2.75, 3.05) is 4.90 Å².